The van der Waals surface area contributed by atoms with Crippen LogP contribution in [0.25, 0.3) is 0 Å². The molecule has 0 radical (unpaired) electrons. The van der Waals surface area contributed by atoms with Gasteiger partial charge in [0.1, 0.15) is 11.4 Å². The molecule has 0 aliphatic carbocycles. The van der Waals surface area contributed by atoms with E-state index in [2.05, 4.69) is 20.0 Å². The second-order valence-corrected chi connectivity index (χ2v) is 6.11. The van der Waals surface area contributed by atoms with Gasteiger partial charge in [0.25, 0.3) is 10.0 Å². The number of rotatable bonds is 4. The molecule has 2 aromatic heterocycles. The second-order valence-electron chi connectivity index (χ2n) is 3.62. The molecule has 0 amide bonds. The zero-order valence-corrected chi connectivity index (χ0v) is 11.7. The molecule has 0 saturated carbocycles. The first-order valence-electron chi connectivity index (χ1n) is 5.09. The molecule has 0 fully saturated rings. The van der Waals surface area contributed by atoms with Gasteiger partial charge >= 0.3 is 0 Å². The van der Waals surface area contributed by atoms with Crippen molar-refractivity contribution in [2.75, 3.05) is 4.72 Å². The largest absolute Gasteiger partial charge is 0.411 e. The van der Waals surface area contributed by atoms with E-state index in [1.807, 2.05) is 0 Å². The minimum absolute atomic E-state index is 0.0387. The maximum absolute atomic E-state index is 12.0. The van der Waals surface area contributed by atoms with E-state index in [-0.39, 0.29) is 10.2 Å². The summed E-state index contributed by atoms with van der Waals surface area (Å²) in [6.45, 7) is 1.56. The molecule has 19 heavy (non-hydrogen) atoms. The highest BCUT2D eigenvalue weighted by Gasteiger charge is 2.19. The van der Waals surface area contributed by atoms with Crippen molar-refractivity contribution in [1.29, 1.82) is 0 Å². The van der Waals surface area contributed by atoms with Crippen molar-refractivity contribution in [3.63, 3.8) is 0 Å². The Bertz CT molecular complexity index is 716. The number of thiazole rings is 1. The monoisotopic (exact) mass is 301 g/mol. The summed E-state index contributed by atoms with van der Waals surface area (Å²) in [4.78, 5) is 4.01. The molecule has 10 heteroatoms. The van der Waals surface area contributed by atoms with Crippen LogP contribution in [0.15, 0.2) is 27.8 Å². The number of anilines is 1. The smallest absolute Gasteiger partial charge is 0.280 e. The quantitative estimate of drug-likeness (QED) is 0.495. The normalized spacial score (nSPS) is 12.6. The lowest BCUT2D eigenvalue weighted by molar-refractivity contribution is 0.319. The van der Waals surface area contributed by atoms with Gasteiger partial charge in [0.05, 0.1) is 6.20 Å². The molecule has 0 unspecified atom stereocenters. The maximum atomic E-state index is 12.0. The Kier molecular flexibility index (Phi) is 3.53. The van der Waals surface area contributed by atoms with Crippen LogP contribution in [0.4, 0.5) is 5.13 Å². The first-order valence-corrected chi connectivity index (χ1v) is 7.45. The Morgan fingerprint density at radius 2 is 2.32 bits per heavy atom. The summed E-state index contributed by atoms with van der Waals surface area (Å²) < 4.78 is 27.7. The molecule has 0 aliphatic heterocycles. The molecule has 0 aromatic carbocycles. The number of oxime groups is 1. The van der Waals surface area contributed by atoms with Gasteiger partial charge in [-0.15, -0.1) is 11.3 Å². The molecule has 102 valence electrons. The minimum atomic E-state index is -3.72. The van der Waals surface area contributed by atoms with E-state index >= 15 is 0 Å². The Hall–Kier alpha value is -1.94. The van der Waals surface area contributed by atoms with E-state index in [0.717, 1.165) is 11.3 Å². The van der Waals surface area contributed by atoms with Gasteiger partial charge in [-0.2, -0.15) is 13.5 Å². The van der Waals surface area contributed by atoms with E-state index in [4.69, 9.17) is 5.21 Å². The number of nitrogens with one attached hydrogen (secondary N) is 1. The molecule has 0 bridgehead atoms. The summed E-state index contributed by atoms with van der Waals surface area (Å²) in [6.07, 6.45) is 1.39. The zero-order valence-electron chi connectivity index (χ0n) is 10.1. The number of hydrogen-bond donors (Lipinski definition) is 2. The van der Waals surface area contributed by atoms with Gasteiger partial charge in [0.15, 0.2) is 10.2 Å². The summed E-state index contributed by atoms with van der Waals surface area (Å²) in [5.41, 5.74) is 0.720. The highest BCUT2D eigenvalue weighted by Crippen LogP contribution is 2.20. The fourth-order valence-electron chi connectivity index (χ4n) is 1.33. The topological polar surface area (TPSA) is 109 Å². The zero-order chi connectivity index (χ0) is 14.0. The number of hydrogen-bond acceptors (Lipinski definition) is 7. The van der Waals surface area contributed by atoms with E-state index in [1.54, 1.807) is 12.3 Å². The van der Waals surface area contributed by atoms with Gasteiger partial charge in [-0.1, -0.05) is 5.16 Å². The van der Waals surface area contributed by atoms with Crippen LogP contribution in [0.3, 0.4) is 0 Å². The lowest BCUT2D eigenvalue weighted by Crippen LogP contribution is -2.16. The summed E-state index contributed by atoms with van der Waals surface area (Å²) in [6, 6.07) is 1.39. The molecule has 2 aromatic rings. The molecule has 8 nitrogen and oxygen atoms in total. The van der Waals surface area contributed by atoms with Crippen LogP contribution in [-0.2, 0) is 17.1 Å². The molecular formula is C9H11N5O3S2. The Morgan fingerprint density at radius 1 is 1.58 bits per heavy atom. The average molecular weight is 301 g/mol. The SMILES string of the molecule is CC(=NO)c1csc(NS(=O)(=O)c2ccnn2C)n1. The highest BCUT2D eigenvalue weighted by atomic mass is 32.2. The fourth-order valence-corrected chi connectivity index (χ4v) is 3.46. The van der Waals surface area contributed by atoms with Crippen molar-refractivity contribution in [3.8, 4) is 0 Å². The standard InChI is InChI=1S/C9H11N5O3S2/c1-6(12-15)7-5-18-9(11-7)13-19(16,17)8-3-4-10-14(8)2/h3-5,15H,1-2H3,(H,11,13). The predicted molar refractivity (Wildman–Crippen MR) is 70.1 cm³/mol. The van der Waals surface area contributed by atoms with Gasteiger partial charge in [-0.25, -0.2) is 4.98 Å². The Labute approximate surface area is 113 Å². The van der Waals surface area contributed by atoms with Crippen LogP contribution in [0.2, 0.25) is 0 Å². The summed E-state index contributed by atoms with van der Waals surface area (Å²) >= 11 is 1.10. The third kappa shape index (κ3) is 2.74. The fraction of sp³-hybridized carbons (Fsp3) is 0.222. The number of aromatic nitrogens is 3. The van der Waals surface area contributed by atoms with E-state index < -0.39 is 10.0 Å². The lowest BCUT2D eigenvalue weighted by Gasteiger charge is -2.04. The number of aryl methyl sites for hydroxylation is 1. The van der Waals surface area contributed by atoms with E-state index in [0.29, 0.717) is 11.4 Å². The number of sulfonamides is 1. The Balaban J connectivity index is 2.27. The molecule has 0 aliphatic rings. The second kappa shape index (κ2) is 4.97. The highest BCUT2D eigenvalue weighted by molar-refractivity contribution is 7.92. The lowest BCUT2D eigenvalue weighted by atomic mass is 10.3. The van der Waals surface area contributed by atoms with Crippen LogP contribution in [0.5, 0.6) is 0 Å². The third-order valence-corrected chi connectivity index (χ3v) is 4.60. The predicted octanol–water partition coefficient (Wildman–Crippen LogP) is 0.876. The summed E-state index contributed by atoms with van der Waals surface area (Å²) in [5, 5.41) is 17.2. The van der Waals surface area contributed by atoms with Crippen LogP contribution in [-0.4, -0.2) is 34.1 Å². The molecule has 0 atom stereocenters. The molecule has 0 saturated heterocycles. The first kappa shape index (κ1) is 13.5. The van der Waals surface area contributed by atoms with E-state index in [9.17, 15) is 8.42 Å². The van der Waals surface area contributed by atoms with Gasteiger partial charge in [0, 0.05) is 12.4 Å². The van der Waals surface area contributed by atoms with Crippen molar-refractivity contribution < 1.29 is 13.6 Å². The minimum Gasteiger partial charge on any atom is -0.411 e. The van der Waals surface area contributed by atoms with E-state index in [1.165, 1.54) is 24.0 Å². The first-order chi connectivity index (χ1) is 8.94. The van der Waals surface area contributed by atoms with Crippen molar-refractivity contribution in [1.82, 2.24) is 14.8 Å². The van der Waals surface area contributed by atoms with Crippen molar-refractivity contribution in [2.45, 2.75) is 11.9 Å². The van der Waals surface area contributed by atoms with Gasteiger partial charge in [-0.3, -0.25) is 9.40 Å². The van der Waals surface area contributed by atoms with Crippen molar-refractivity contribution >= 4 is 32.2 Å². The molecule has 2 heterocycles. The third-order valence-electron chi connectivity index (χ3n) is 2.30. The van der Waals surface area contributed by atoms with Crippen LogP contribution in [0.1, 0.15) is 12.6 Å². The molecule has 2 N–H and O–H groups in total. The summed E-state index contributed by atoms with van der Waals surface area (Å²) in [5.74, 6) is 0. The van der Waals surface area contributed by atoms with Crippen molar-refractivity contribution in [2.24, 2.45) is 12.2 Å². The number of nitrogens with zero attached hydrogens (tertiary/aromatic N) is 4. The van der Waals surface area contributed by atoms with Gasteiger partial charge in [0.2, 0.25) is 0 Å². The maximum Gasteiger partial charge on any atom is 0.280 e. The average Bonchev–Trinajstić information content (AvgIpc) is 2.96. The molecular weight excluding hydrogens is 290 g/mol. The van der Waals surface area contributed by atoms with Crippen molar-refractivity contribution in [3.05, 3.63) is 23.3 Å². The van der Waals surface area contributed by atoms with Crippen LogP contribution < -0.4 is 4.72 Å². The van der Waals surface area contributed by atoms with Gasteiger partial charge < -0.3 is 5.21 Å². The Morgan fingerprint density at radius 3 is 2.89 bits per heavy atom. The molecule has 2 rings (SSSR count). The van der Waals surface area contributed by atoms with Crippen LogP contribution >= 0.6 is 11.3 Å². The van der Waals surface area contributed by atoms with Gasteiger partial charge in [-0.05, 0) is 13.0 Å². The van der Waals surface area contributed by atoms with Crippen LogP contribution in [0, 0.1) is 0 Å². The summed E-state index contributed by atoms with van der Waals surface area (Å²) in [7, 11) is -2.19. The molecule has 0 spiro atoms.